The minimum atomic E-state index is -1.06. The van der Waals surface area contributed by atoms with Gasteiger partial charge in [0.1, 0.15) is 5.78 Å². The van der Waals surface area contributed by atoms with Crippen molar-refractivity contribution in [2.75, 3.05) is 6.61 Å². The monoisotopic (exact) mass is 430 g/mol. The van der Waals surface area contributed by atoms with Gasteiger partial charge in [-0.3, -0.25) is 14.4 Å². The van der Waals surface area contributed by atoms with Gasteiger partial charge in [0.15, 0.2) is 11.6 Å². The molecule has 1 spiro atoms. The van der Waals surface area contributed by atoms with Crippen LogP contribution in [0.3, 0.4) is 0 Å². The van der Waals surface area contributed by atoms with E-state index in [1.54, 1.807) is 0 Å². The van der Waals surface area contributed by atoms with E-state index >= 15 is 0 Å². The van der Waals surface area contributed by atoms with Crippen molar-refractivity contribution in [1.29, 1.82) is 0 Å². The Morgan fingerprint density at radius 2 is 1.87 bits per heavy atom. The molecule has 1 saturated heterocycles. The summed E-state index contributed by atoms with van der Waals surface area (Å²) in [6.45, 7) is 14.0. The van der Waals surface area contributed by atoms with Crippen molar-refractivity contribution in [1.82, 2.24) is 0 Å². The van der Waals surface area contributed by atoms with E-state index in [1.165, 1.54) is 6.92 Å². The Bertz CT molecular complexity index is 886. The average molecular weight is 431 g/mol. The van der Waals surface area contributed by atoms with E-state index < -0.39 is 34.7 Å². The summed E-state index contributed by atoms with van der Waals surface area (Å²) in [5.41, 5.74) is -1.20. The number of hydrogen-bond donors (Lipinski definition) is 0. The molecule has 0 radical (unpaired) electrons. The van der Waals surface area contributed by atoms with E-state index in [4.69, 9.17) is 14.2 Å². The molecular weight excluding hydrogens is 396 g/mol. The van der Waals surface area contributed by atoms with Crippen molar-refractivity contribution in [2.45, 2.75) is 84.7 Å². The van der Waals surface area contributed by atoms with E-state index in [2.05, 4.69) is 20.4 Å². The molecule has 6 nitrogen and oxygen atoms in total. The number of ether oxygens (including phenoxy) is 3. The van der Waals surface area contributed by atoms with Crippen LogP contribution in [0.15, 0.2) is 12.2 Å². The summed E-state index contributed by atoms with van der Waals surface area (Å²) in [6, 6.07) is 0. The highest BCUT2D eigenvalue weighted by Crippen LogP contribution is 2.72. The first-order valence-corrected chi connectivity index (χ1v) is 11.6. The molecule has 0 aromatic heterocycles. The average Bonchev–Trinajstić information content (AvgIpc) is 2.79. The second kappa shape index (κ2) is 6.28. The van der Waals surface area contributed by atoms with Gasteiger partial charge >= 0.3 is 5.97 Å². The lowest BCUT2D eigenvalue weighted by Crippen LogP contribution is -2.74. The third kappa shape index (κ3) is 2.55. The number of esters is 1. The first-order chi connectivity index (χ1) is 14.4. The van der Waals surface area contributed by atoms with Crippen LogP contribution in [-0.2, 0) is 28.6 Å². The quantitative estimate of drug-likeness (QED) is 0.492. The Hall–Kier alpha value is -1.53. The van der Waals surface area contributed by atoms with Gasteiger partial charge in [-0.25, -0.2) is 0 Å². The van der Waals surface area contributed by atoms with Gasteiger partial charge in [-0.05, 0) is 50.0 Å². The number of carbonyl (C=O) groups is 3. The van der Waals surface area contributed by atoms with Gasteiger partial charge in [0.2, 0.25) is 0 Å². The summed E-state index contributed by atoms with van der Waals surface area (Å²) in [4.78, 5) is 39.6. The molecule has 6 heteroatoms. The third-order valence-corrected chi connectivity index (χ3v) is 9.23. The zero-order valence-electron chi connectivity index (χ0n) is 19.3. The second-order valence-electron chi connectivity index (χ2n) is 11.7. The summed E-state index contributed by atoms with van der Waals surface area (Å²) in [5.74, 6) is -1.93. The summed E-state index contributed by atoms with van der Waals surface area (Å²) in [5, 5.41) is 0. The fraction of sp³-hybridized carbons (Fsp3) is 0.800. The molecule has 5 fully saturated rings. The van der Waals surface area contributed by atoms with E-state index in [9.17, 15) is 14.4 Å². The molecule has 31 heavy (non-hydrogen) atoms. The van der Waals surface area contributed by atoms with Gasteiger partial charge in [0, 0.05) is 30.6 Å². The van der Waals surface area contributed by atoms with Crippen LogP contribution in [0, 0.1) is 34.0 Å². The molecule has 0 aromatic rings. The van der Waals surface area contributed by atoms with Gasteiger partial charge in [-0.15, -0.1) is 0 Å². The molecule has 5 rings (SSSR count). The molecule has 170 valence electrons. The van der Waals surface area contributed by atoms with Crippen LogP contribution in [0.2, 0.25) is 0 Å². The molecule has 2 bridgehead atoms. The van der Waals surface area contributed by atoms with Crippen LogP contribution in [0.25, 0.3) is 0 Å². The molecule has 1 aliphatic heterocycles. The zero-order chi connectivity index (χ0) is 22.6. The van der Waals surface area contributed by atoms with Gasteiger partial charge in [0.05, 0.1) is 24.2 Å². The number of carbonyl (C=O) groups excluding carboxylic acids is 3. The summed E-state index contributed by atoms with van der Waals surface area (Å²) < 4.78 is 18.5. The highest BCUT2D eigenvalue weighted by atomic mass is 16.7. The fourth-order valence-corrected chi connectivity index (χ4v) is 8.33. The summed E-state index contributed by atoms with van der Waals surface area (Å²) in [7, 11) is 0. The van der Waals surface area contributed by atoms with Crippen molar-refractivity contribution in [3.63, 3.8) is 0 Å². The molecule has 5 aliphatic rings. The molecule has 0 N–H and O–H groups in total. The maximum absolute atomic E-state index is 13.9. The van der Waals surface area contributed by atoms with Gasteiger partial charge in [-0.1, -0.05) is 26.8 Å². The molecular formula is C25H34O6. The number of hydrogen-bond acceptors (Lipinski definition) is 6. The van der Waals surface area contributed by atoms with Crippen LogP contribution in [0.4, 0.5) is 0 Å². The van der Waals surface area contributed by atoms with E-state index in [0.29, 0.717) is 12.0 Å². The summed E-state index contributed by atoms with van der Waals surface area (Å²) >= 11 is 0. The van der Waals surface area contributed by atoms with Crippen LogP contribution in [0.5, 0.6) is 0 Å². The molecule has 7 atom stereocenters. The maximum atomic E-state index is 13.9. The first kappa shape index (κ1) is 21.3. The van der Waals surface area contributed by atoms with E-state index in [1.807, 2.05) is 13.8 Å². The largest absolute Gasteiger partial charge is 0.465 e. The summed E-state index contributed by atoms with van der Waals surface area (Å²) in [6.07, 6.45) is 2.84. The Morgan fingerprint density at radius 1 is 1.16 bits per heavy atom. The number of fused-ring (bicyclic) bond motifs is 2. The lowest BCUT2D eigenvalue weighted by atomic mass is 9.39. The Kier molecular flexibility index (Phi) is 4.32. The molecule has 4 saturated carbocycles. The van der Waals surface area contributed by atoms with Crippen LogP contribution in [0.1, 0.15) is 66.7 Å². The van der Waals surface area contributed by atoms with E-state index in [-0.39, 0.29) is 47.8 Å². The smallest absolute Gasteiger partial charge is 0.302 e. The molecule has 0 amide bonds. The molecule has 4 aliphatic carbocycles. The van der Waals surface area contributed by atoms with Gasteiger partial charge in [0.25, 0.3) is 0 Å². The minimum Gasteiger partial charge on any atom is -0.465 e. The van der Waals surface area contributed by atoms with Gasteiger partial charge in [-0.2, -0.15) is 0 Å². The van der Waals surface area contributed by atoms with E-state index in [0.717, 1.165) is 19.3 Å². The number of Topliss-reactive ketones (excluding diaryl/α,β-unsaturated/α-hetero) is 2. The third-order valence-electron chi connectivity index (χ3n) is 9.23. The fourth-order valence-electron chi connectivity index (χ4n) is 8.33. The molecule has 0 unspecified atom stereocenters. The topological polar surface area (TPSA) is 78.9 Å². The standard InChI is InChI=1S/C25H34O6/c1-13-15-10-16(27)19-24(12-29-14(2)26)9-7-8-22(3,4)17(24)11-18-25(19,20(13)28)21(15)31-23(5,6)30-18/h15,17-19,21H,1,7-12H2,2-6H3/t15-,17+,18+,19-,21+,24-,25+/m0/s1. The van der Waals surface area contributed by atoms with Crippen LogP contribution in [-0.4, -0.2) is 42.1 Å². The van der Waals surface area contributed by atoms with Crippen molar-refractivity contribution in [3.8, 4) is 0 Å². The second-order valence-corrected chi connectivity index (χ2v) is 11.7. The first-order valence-electron chi connectivity index (χ1n) is 11.6. The van der Waals surface area contributed by atoms with Crippen molar-refractivity contribution < 1.29 is 28.6 Å². The van der Waals surface area contributed by atoms with Crippen LogP contribution < -0.4 is 0 Å². The number of ketones is 2. The normalized spacial score (nSPS) is 46.9. The highest BCUT2D eigenvalue weighted by molar-refractivity contribution is 6.10. The lowest BCUT2D eigenvalue weighted by Gasteiger charge is -2.68. The Morgan fingerprint density at radius 3 is 2.55 bits per heavy atom. The Balaban J connectivity index is 1.74. The highest BCUT2D eigenvalue weighted by Gasteiger charge is 2.80. The maximum Gasteiger partial charge on any atom is 0.302 e. The predicted molar refractivity (Wildman–Crippen MR) is 112 cm³/mol. The number of rotatable bonds is 2. The lowest BCUT2D eigenvalue weighted by molar-refractivity contribution is -0.375. The molecule has 0 aromatic carbocycles. The van der Waals surface area contributed by atoms with Gasteiger partial charge < -0.3 is 14.2 Å². The Labute approximate surface area is 184 Å². The van der Waals surface area contributed by atoms with Crippen molar-refractivity contribution in [3.05, 3.63) is 12.2 Å². The van der Waals surface area contributed by atoms with Crippen molar-refractivity contribution in [2.24, 2.45) is 34.0 Å². The molecule has 1 heterocycles. The minimum absolute atomic E-state index is 0.0584. The predicted octanol–water partition coefficient (Wildman–Crippen LogP) is 3.62. The van der Waals surface area contributed by atoms with Crippen molar-refractivity contribution >= 4 is 17.5 Å². The zero-order valence-corrected chi connectivity index (χ0v) is 19.3. The SMILES string of the molecule is C=C1C(=O)[C@@]23[C@@H]4OC(C)(C)O[C@@H]2C[C@@H]2C(C)(C)CCC[C@@]2(COC(C)=O)[C@@H]3C(=O)C[C@@H]14. The van der Waals surface area contributed by atoms with Crippen LogP contribution >= 0.6 is 0 Å².